The lowest BCUT2D eigenvalue weighted by atomic mass is 10.2. The van der Waals surface area contributed by atoms with Gasteiger partial charge >= 0.3 is 0 Å². The van der Waals surface area contributed by atoms with Crippen molar-refractivity contribution in [1.29, 1.82) is 0 Å². The highest BCUT2D eigenvalue weighted by Gasteiger charge is 2.01. The highest BCUT2D eigenvalue weighted by atomic mass is 79.9. The number of hydrogen-bond donors (Lipinski definition) is 2. The van der Waals surface area contributed by atoms with Crippen LogP contribution in [0.25, 0.3) is 0 Å². The van der Waals surface area contributed by atoms with Gasteiger partial charge in [0.1, 0.15) is 5.75 Å². The molecule has 0 spiro atoms. The molecule has 1 aromatic rings. The summed E-state index contributed by atoms with van der Waals surface area (Å²) in [5.74, 6) is 0.876. The third-order valence-corrected chi connectivity index (χ3v) is 2.76. The molecular formula is C12H18BrNO2. The Balaban J connectivity index is 2.46. The molecular weight excluding hydrogens is 270 g/mol. The fraction of sp³-hybridized carbons (Fsp3) is 0.500. The molecule has 3 nitrogen and oxygen atoms in total. The molecule has 0 saturated carbocycles. The van der Waals surface area contributed by atoms with E-state index in [1.165, 1.54) is 5.56 Å². The lowest BCUT2D eigenvalue weighted by Crippen LogP contribution is -2.15. The van der Waals surface area contributed by atoms with E-state index in [0.717, 1.165) is 29.7 Å². The number of benzene rings is 1. The van der Waals surface area contributed by atoms with E-state index in [2.05, 4.69) is 27.3 Å². The first-order chi connectivity index (χ1) is 7.77. The topological polar surface area (TPSA) is 41.5 Å². The SMILES string of the molecule is CCOc1ccc(CNCCCO)cc1Br. The molecule has 0 amide bonds. The number of ether oxygens (including phenoxy) is 1. The summed E-state index contributed by atoms with van der Waals surface area (Å²) in [6.45, 7) is 4.52. The van der Waals surface area contributed by atoms with E-state index < -0.39 is 0 Å². The monoisotopic (exact) mass is 287 g/mol. The fourth-order valence-corrected chi connectivity index (χ4v) is 1.90. The van der Waals surface area contributed by atoms with Gasteiger partial charge in [-0.1, -0.05) is 6.07 Å². The minimum Gasteiger partial charge on any atom is -0.493 e. The van der Waals surface area contributed by atoms with Gasteiger partial charge in [-0.25, -0.2) is 0 Å². The smallest absolute Gasteiger partial charge is 0.133 e. The minimum absolute atomic E-state index is 0.236. The van der Waals surface area contributed by atoms with Crippen molar-refractivity contribution < 1.29 is 9.84 Å². The van der Waals surface area contributed by atoms with Crippen molar-refractivity contribution in [2.24, 2.45) is 0 Å². The number of halogens is 1. The van der Waals surface area contributed by atoms with Crippen LogP contribution in [-0.4, -0.2) is 24.9 Å². The van der Waals surface area contributed by atoms with Crippen molar-refractivity contribution in [2.75, 3.05) is 19.8 Å². The van der Waals surface area contributed by atoms with Crippen LogP contribution in [0, 0.1) is 0 Å². The molecule has 90 valence electrons. The molecule has 0 heterocycles. The van der Waals surface area contributed by atoms with Crippen molar-refractivity contribution in [3.63, 3.8) is 0 Å². The van der Waals surface area contributed by atoms with E-state index in [9.17, 15) is 0 Å². The Morgan fingerprint density at radius 2 is 2.25 bits per heavy atom. The first kappa shape index (κ1) is 13.5. The van der Waals surface area contributed by atoms with Crippen LogP contribution in [0.3, 0.4) is 0 Å². The highest BCUT2D eigenvalue weighted by Crippen LogP contribution is 2.25. The van der Waals surface area contributed by atoms with Crippen molar-refractivity contribution in [3.05, 3.63) is 28.2 Å². The van der Waals surface area contributed by atoms with Gasteiger partial charge in [0.25, 0.3) is 0 Å². The van der Waals surface area contributed by atoms with Gasteiger partial charge in [-0.3, -0.25) is 0 Å². The average molecular weight is 288 g/mol. The zero-order chi connectivity index (χ0) is 11.8. The van der Waals surface area contributed by atoms with Gasteiger partial charge in [0.05, 0.1) is 11.1 Å². The molecule has 0 bridgehead atoms. The van der Waals surface area contributed by atoms with E-state index >= 15 is 0 Å². The van der Waals surface area contributed by atoms with Crippen LogP contribution in [0.2, 0.25) is 0 Å². The summed E-state index contributed by atoms with van der Waals surface area (Å²) in [6, 6.07) is 6.06. The second kappa shape index (κ2) is 7.65. The fourth-order valence-electron chi connectivity index (χ4n) is 1.36. The maximum atomic E-state index is 8.64. The molecule has 0 atom stereocenters. The molecule has 2 N–H and O–H groups in total. The Hall–Kier alpha value is -0.580. The zero-order valence-corrected chi connectivity index (χ0v) is 11.1. The third kappa shape index (κ3) is 4.51. The maximum Gasteiger partial charge on any atom is 0.133 e. The van der Waals surface area contributed by atoms with Crippen LogP contribution in [0.5, 0.6) is 5.75 Å². The lowest BCUT2D eigenvalue weighted by Gasteiger charge is -2.08. The number of aliphatic hydroxyl groups excluding tert-OH is 1. The van der Waals surface area contributed by atoms with E-state index in [0.29, 0.717) is 6.61 Å². The third-order valence-electron chi connectivity index (χ3n) is 2.14. The maximum absolute atomic E-state index is 8.64. The molecule has 0 unspecified atom stereocenters. The van der Waals surface area contributed by atoms with Crippen LogP contribution in [0.4, 0.5) is 0 Å². The minimum atomic E-state index is 0.236. The largest absolute Gasteiger partial charge is 0.493 e. The quantitative estimate of drug-likeness (QED) is 0.757. The number of rotatable bonds is 7. The highest BCUT2D eigenvalue weighted by molar-refractivity contribution is 9.10. The van der Waals surface area contributed by atoms with E-state index in [4.69, 9.17) is 9.84 Å². The van der Waals surface area contributed by atoms with Gasteiger partial charge in [-0.2, -0.15) is 0 Å². The number of hydrogen-bond acceptors (Lipinski definition) is 3. The van der Waals surface area contributed by atoms with Crippen LogP contribution >= 0.6 is 15.9 Å². The Labute approximate surface area is 105 Å². The summed E-state index contributed by atoms with van der Waals surface area (Å²) in [5, 5.41) is 11.9. The standard InChI is InChI=1S/C12H18BrNO2/c1-2-16-12-5-4-10(8-11(12)13)9-14-6-3-7-15/h4-5,8,14-15H,2-3,6-7,9H2,1H3. The molecule has 0 aliphatic heterocycles. The Morgan fingerprint density at radius 3 is 2.88 bits per heavy atom. The molecule has 0 radical (unpaired) electrons. The summed E-state index contributed by atoms with van der Waals surface area (Å²) in [5.41, 5.74) is 1.20. The normalized spacial score (nSPS) is 10.4. The van der Waals surface area contributed by atoms with Crippen molar-refractivity contribution in [3.8, 4) is 5.75 Å². The molecule has 16 heavy (non-hydrogen) atoms. The molecule has 0 aliphatic rings. The van der Waals surface area contributed by atoms with Gasteiger partial charge in [-0.05, 0) is 53.5 Å². The predicted octanol–water partition coefficient (Wildman–Crippen LogP) is 2.32. The molecule has 0 fully saturated rings. The van der Waals surface area contributed by atoms with E-state index in [1.54, 1.807) is 0 Å². The van der Waals surface area contributed by atoms with Gasteiger partial charge in [-0.15, -0.1) is 0 Å². The van der Waals surface area contributed by atoms with Crippen LogP contribution in [0.15, 0.2) is 22.7 Å². The van der Waals surface area contributed by atoms with Crippen LogP contribution in [0.1, 0.15) is 18.9 Å². The second-order valence-electron chi connectivity index (χ2n) is 3.45. The van der Waals surface area contributed by atoms with Gasteiger partial charge in [0.2, 0.25) is 0 Å². The molecule has 0 aliphatic carbocycles. The van der Waals surface area contributed by atoms with E-state index in [-0.39, 0.29) is 6.61 Å². The summed E-state index contributed by atoms with van der Waals surface area (Å²) >= 11 is 3.48. The van der Waals surface area contributed by atoms with Crippen molar-refractivity contribution >= 4 is 15.9 Å². The molecule has 0 aromatic heterocycles. The summed E-state index contributed by atoms with van der Waals surface area (Å²) in [7, 11) is 0. The first-order valence-corrected chi connectivity index (χ1v) is 6.30. The number of nitrogens with one attached hydrogen (secondary N) is 1. The summed E-state index contributed by atoms with van der Waals surface area (Å²) in [6.07, 6.45) is 0.790. The summed E-state index contributed by atoms with van der Waals surface area (Å²) in [4.78, 5) is 0. The van der Waals surface area contributed by atoms with Crippen LogP contribution in [-0.2, 0) is 6.54 Å². The Morgan fingerprint density at radius 1 is 1.44 bits per heavy atom. The first-order valence-electron chi connectivity index (χ1n) is 5.50. The number of aliphatic hydroxyl groups is 1. The van der Waals surface area contributed by atoms with Crippen molar-refractivity contribution in [1.82, 2.24) is 5.32 Å². The predicted molar refractivity (Wildman–Crippen MR) is 68.7 cm³/mol. The Bertz CT molecular complexity index is 318. The Kier molecular flexibility index (Phi) is 6.45. The van der Waals surface area contributed by atoms with Gasteiger partial charge in [0.15, 0.2) is 0 Å². The second-order valence-corrected chi connectivity index (χ2v) is 4.31. The molecule has 1 rings (SSSR count). The average Bonchev–Trinajstić information content (AvgIpc) is 2.28. The molecule has 0 saturated heterocycles. The summed E-state index contributed by atoms with van der Waals surface area (Å²) < 4.78 is 6.42. The van der Waals surface area contributed by atoms with E-state index in [1.807, 2.05) is 19.1 Å². The van der Waals surface area contributed by atoms with Crippen LogP contribution < -0.4 is 10.1 Å². The molecule has 4 heteroatoms. The lowest BCUT2D eigenvalue weighted by molar-refractivity contribution is 0.286. The molecule has 1 aromatic carbocycles. The van der Waals surface area contributed by atoms with Gasteiger partial charge < -0.3 is 15.2 Å². The zero-order valence-electron chi connectivity index (χ0n) is 9.50. The van der Waals surface area contributed by atoms with Gasteiger partial charge in [0, 0.05) is 13.2 Å². The van der Waals surface area contributed by atoms with Crippen molar-refractivity contribution in [2.45, 2.75) is 19.9 Å².